The van der Waals surface area contributed by atoms with E-state index in [9.17, 15) is 4.79 Å². The van der Waals surface area contributed by atoms with E-state index in [1.165, 1.54) is 5.56 Å². The lowest BCUT2D eigenvalue weighted by Gasteiger charge is -2.11. The number of rotatable bonds is 5. The molecular formula is C18H20O3. The first kappa shape index (κ1) is 15.1. The summed E-state index contributed by atoms with van der Waals surface area (Å²) in [6.07, 6.45) is 0.250. The molecule has 3 nitrogen and oxygen atoms in total. The van der Waals surface area contributed by atoms with Crippen LogP contribution in [-0.2, 0) is 11.2 Å². The van der Waals surface area contributed by atoms with Gasteiger partial charge >= 0.3 is 5.97 Å². The fourth-order valence-corrected chi connectivity index (χ4v) is 2.00. The summed E-state index contributed by atoms with van der Waals surface area (Å²) in [4.78, 5) is 12.0. The Morgan fingerprint density at radius 1 is 0.952 bits per heavy atom. The monoisotopic (exact) mass is 284 g/mol. The summed E-state index contributed by atoms with van der Waals surface area (Å²) in [5.74, 6) is 0.790. The molecule has 0 atom stereocenters. The van der Waals surface area contributed by atoms with Crippen molar-refractivity contribution in [3.05, 3.63) is 59.2 Å². The molecule has 2 aromatic carbocycles. The molecule has 0 unspecified atom stereocenters. The third kappa shape index (κ3) is 4.35. The zero-order chi connectivity index (χ0) is 15.2. The first-order valence-electron chi connectivity index (χ1n) is 7.08. The first-order valence-corrected chi connectivity index (χ1v) is 7.08. The van der Waals surface area contributed by atoms with E-state index in [4.69, 9.17) is 9.47 Å². The number of esters is 1. The maximum Gasteiger partial charge on any atom is 0.315 e. The van der Waals surface area contributed by atoms with Gasteiger partial charge in [0.05, 0.1) is 13.0 Å². The van der Waals surface area contributed by atoms with Crippen molar-refractivity contribution >= 4 is 5.97 Å². The third-order valence-electron chi connectivity index (χ3n) is 3.09. The molecule has 2 rings (SSSR count). The topological polar surface area (TPSA) is 35.5 Å². The van der Waals surface area contributed by atoms with Gasteiger partial charge in [0.15, 0.2) is 11.5 Å². The molecule has 0 spiro atoms. The molecule has 0 saturated heterocycles. The Labute approximate surface area is 125 Å². The molecule has 0 aliphatic rings. The summed E-state index contributed by atoms with van der Waals surface area (Å²) in [5, 5.41) is 0. The largest absolute Gasteiger partial charge is 0.490 e. The van der Waals surface area contributed by atoms with Crippen LogP contribution in [-0.4, -0.2) is 12.6 Å². The van der Waals surface area contributed by atoms with Gasteiger partial charge in [0.1, 0.15) is 0 Å². The van der Waals surface area contributed by atoms with Crippen LogP contribution in [0.2, 0.25) is 0 Å². The van der Waals surface area contributed by atoms with Crippen LogP contribution in [0.5, 0.6) is 11.5 Å². The zero-order valence-electron chi connectivity index (χ0n) is 12.7. The lowest BCUT2D eigenvalue weighted by Crippen LogP contribution is -2.12. The van der Waals surface area contributed by atoms with Crippen LogP contribution >= 0.6 is 0 Å². The van der Waals surface area contributed by atoms with Gasteiger partial charge in [-0.05, 0) is 44.0 Å². The van der Waals surface area contributed by atoms with Gasteiger partial charge in [-0.25, -0.2) is 0 Å². The van der Waals surface area contributed by atoms with Gasteiger partial charge in [-0.1, -0.05) is 35.9 Å². The van der Waals surface area contributed by atoms with E-state index >= 15 is 0 Å². The number of ether oxygens (including phenoxy) is 2. The van der Waals surface area contributed by atoms with Gasteiger partial charge in [0, 0.05) is 0 Å². The summed E-state index contributed by atoms with van der Waals surface area (Å²) in [6.45, 7) is 6.43. The Bertz CT molecular complexity index is 615. The van der Waals surface area contributed by atoms with Crippen LogP contribution in [0.4, 0.5) is 0 Å². The van der Waals surface area contributed by atoms with Crippen molar-refractivity contribution in [2.24, 2.45) is 0 Å². The molecular weight excluding hydrogens is 264 g/mol. The van der Waals surface area contributed by atoms with Gasteiger partial charge < -0.3 is 9.47 Å². The zero-order valence-corrected chi connectivity index (χ0v) is 12.7. The quantitative estimate of drug-likeness (QED) is 0.618. The Morgan fingerprint density at radius 2 is 1.62 bits per heavy atom. The Balaban J connectivity index is 2.07. The average molecular weight is 284 g/mol. The molecule has 0 radical (unpaired) electrons. The minimum absolute atomic E-state index is 0.250. The van der Waals surface area contributed by atoms with Gasteiger partial charge in [0.25, 0.3) is 0 Å². The smallest absolute Gasteiger partial charge is 0.315 e. The van der Waals surface area contributed by atoms with E-state index in [1.807, 2.05) is 57.2 Å². The molecule has 0 aliphatic carbocycles. The molecule has 0 N–H and O–H groups in total. The minimum atomic E-state index is -0.288. The summed E-state index contributed by atoms with van der Waals surface area (Å²) in [7, 11) is 0. The van der Waals surface area contributed by atoms with Crippen LogP contribution < -0.4 is 9.47 Å². The molecule has 0 bridgehead atoms. The highest BCUT2D eigenvalue weighted by Crippen LogP contribution is 2.28. The number of carbonyl (C=O) groups excluding carboxylic acids is 1. The van der Waals surface area contributed by atoms with E-state index in [0.717, 1.165) is 11.1 Å². The van der Waals surface area contributed by atoms with E-state index in [-0.39, 0.29) is 12.4 Å². The van der Waals surface area contributed by atoms with E-state index in [1.54, 1.807) is 6.07 Å². The normalized spacial score (nSPS) is 10.2. The molecule has 110 valence electrons. The molecule has 21 heavy (non-hydrogen) atoms. The molecule has 0 heterocycles. The lowest BCUT2D eigenvalue weighted by atomic mass is 10.1. The number of hydrogen-bond donors (Lipinski definition) is 0. The second kappa shape index (κ2) is 6.93. The number of hydrogen-bond acceptors (Lipinski definition) is 3. The summed E-state index contributed by atoms with van der Waals surface area (Å²) in [5.41, 5.74) is 3.18. The predicted octanol–water partition coefficient (Wildman–Crippen LogP) is 3.85. The summed E-state index contributed by atoms with van der Waals surface area (Å²) in [6, 6.07) is 13.4. The Morgan fingerprint density at radius 3 is 2.29 bits per heavy atom. The van der Waals surface area contributed by atoms with Crippen molar-refractivity contribution in [3.8, 4) is 11.5 Å². The number of carbonyl (C=O) groups is 1. The Hall–Kier alpha value is -2.29. The fourth-order valence-electron chi connectivity index (χ4n) is 2.00. The maximum atomic E-state index is 12.0. The summed E-state index contributed by atoms with van der Waals surface area (Å²) < 4.78 is 10.9. The van der Waals surface area contributed by atoms with Crippen LogP contribution in [0.3, 0.4) is 0 Å². The van der Waals surface area contributed by atoms with Gasteiger partial charge in [-0.15, -0.1) is 0 Å². The molecule has 0 saturated carbocycles. The molecule has 3 heteroatoms. The predicted molar refractivity (Wildman–Crippen MR) is 82.9 cm³/mol. The van der Waals surface area contributed by atoms with Crippen molar-refractivity contribution in [3.63, 3.8) is 0 Å². The number of aryl methyl sites for hydroxylation is 2. The SMILES string of the molecule is CCOc1cc(C)ccc1OC(=O)Cc1ccc(C)cc1. The van der Waals surface area contributed by atoms with E-state index in [0.29, 0.717) is 18.1 Å². The van der Waals surface area contributed by atoms with Crippen LogP contribution in [0.1, 0.15) is 23.6 Å². The summed E-state index contributed by atoms with van der Waals surface area (Å²) >= 11 is 0. The highest BCUT2D eigenvalue weighted by Gasteiger charge is 2.11. The second-order valence-corrected chi connectivity index (χ2v) is 5.02. The van der Waals surface area contributed by atoms with E-state index < -0.39 is 0 Å². The van der Waals surface area contributed by atoms with Crippen molar-refractivity contribution in [2.75, 3.05) is 6.61 Å². The number of benzene rings is 2. The van der Waals surface area contributed by atoms with Gasteiger partial charge in [-0.2, -0.15) is 0 Å². The second-order valence-electron chi connectivity index (χ2n) is 5.02. The van der Waals surface area contributed by atoms with Crippen molar-refractivity contribution in [2.45, 2.75) is 27.2 Å². The lowest BCUT2D eigenvalue weighted by molar-refractivity contribution is -0.133. The molecule has 0 aliphatic heterocycles. The third-order valence-corrected chi connectivity index (χ3v) is 3.09. The molecule has 0 fully saturated rings. The van der Waals surface area contributed by atoms with Crippen LogP contribution in [0.25, 0.3) is 0 Å². The average Bonchev–Trinajstić information content (AvgIpc) is 2.45. The van der Waals surface area contributed by atoms with Crippen LogP contribution in [0, 0.1) is 13.8 Å². The highest BCUT2D eigenvalue weighted by molar-refractivity contribution is 5.76. The van der Waals surface area contributed by atoms with E-state index in [2.05, 4.69) is 0 Å². The van der Waals surface area contributed by atoms with Gasteiger partial charge in [-0.3, -0.25) is 4.79 Å². The Kier molecular flexibility index (Phi) is 4.99. The van der Waals surface area contributed by atoms with Crippen molar-refractivity contribution in [1.29, 1.82) is 0 Å². The molecule has 0 amide bonds. The van der Waals surface area contributed by atoms with Crippen LogP contribution in [0.15, 0.2) is 42.5 Å². The fraction of sp³-hybridized carbons (Fsp3) is 0.278. The van der Waals surface area contributed by atoms with Crippen molar-refractivity contribution < 1.29 is 14.3 Å². The standard InChI is InChI=1S/C18H20O3/c1-4-20-17-11-14(3)7-10-16(17)21-18(19)12-15-8-5-13(2)6-9-15/h5-11H,4,12H2,1-3H3. The highest BCUT2D eigenvalue weighted by atomic mass is 16.6. The maximum absolute atomic E-state index is 12.0. The van der Waals surface area contributed by atoms with Gasteiger partial charge in [0.2, 0.25) is 0 Å². The first-order chi connectivity index (χ1) is 10.1. The van der Waals surface area contributed by atoms with Crippen molar-refractivity contribution in [1.82, 2.24) is 0 Å². The molecule has 2 aromatic rings. The molecule has 0 aromatic heterocycles. The minimum Gasteiger partial charge on any atom is -0.490 e.